The van der Waals surface area contributed by atoms with Crippen LogP contribution < -0.4 is 10.1 Å². The number of carbonyl (C=O) groups excluding carboxylic acids is 2. The lowest BCUT2D eigenvalue weighted by molar-refractivity contribution is -0.137. The molecule has 1 atom stereocenters. The zero-order valence-electron chi connectivity index (χ0n) is 16.2. The summed E-state index contributed by atoms with van der Waals surface area (Å²) in [5.41, 5.74) is 1.21. The van der Waals surface area contributed by atoms with Gasteiger partial charge in [0.05, 0.1) is 5.56 Å². The number of hydrogen-bond acceptors (Lipinski definition) is 5. The summed E-state index contributed by atoms with van der Waals surface area (Å²) in [6, 6.07) is 9.87. The van der Waals surface area contributed by atoms with Crippen molar-refractivity contribution in [3.63, 3.8) is 0 Å². The second kappa shape index (κ2) is 8.26. The fourth-order valence-corrected chi connectivity index (χ4v) is 4.33. The zero-order chi connectivity index (χ0) is 22.2. The first-order valence-electron chi connectivity index (χ1n) is 9.50. The lowest BCUT2D eigenvalue weighted by atomic mass is 9.99. The number of rotatable bonds is 4. The van der Waals surface area contributed by atoms with Crippen molar-refractivity contribution >= 4 is 28.7 Å². The Morgan fingerprint density at radius 3 is 2.52 bits per heavy atom. The number of amidine groups is 1. The van der Waals surface area contributed by atoms with Gasteiger partial charge in [-0.15, -0.1) is 0 Å². The number of ether oxygens (including phenoxy) is 1. The Bertz CT molecular complexity index is 1040. The van der Waals surface area contributed by atoms with E-state index in [1.807, 2.05) is 6.07 Å². The highest BCUT2D eigenvalue weighted by Crippen LogP contribution is 2.32. The number of benzene rings is 2. The molecule has 1 saturated heterocycles. The highest BCUT2D eigenvalue weighted by atomic mass is 32.2. The number of fused-ring (bicyclic) bond motifs is 1. The van der Waals surface area contributed by atoms with Crippen molar-refractivity contribution < 1.29 is 27.5 Å². The number of nitrogens with one attached hydrogen (secondary N) is 2. The summed E-state index contributed by atoms with van der Waals surface area (Å²) in [6.45, 7) is 0.885. The number of thioether (sulfide) groups is 1. The number of amides is 2. The molecule has 0 bridgehead atoms. The summed E-state index contributed by atoms with van der Waals surface area (Å²) in [5, 5.41) is 9.35. The van der Waals surface area contributed by atoms with Gasteiger partial charge in [0.15, 0.2) is 5.17 Å². The zero-order valence-corrected chi connectivity index (χ0v) is 17.0. The van der Waals surface area contributed by atoms with E-state index in [0.29, 0.717) is 25.3 Å². The summed E-state index contributed by atoms with van der Waals surface area (Å²) >= 11 is 1.04. The maximum atomic E-state index is 12.7. The highest BCUT2D eigenvalue weighted by molar-refractivity contribution is 8.15. The highest BCUT2D eigenvalue weighted by Gasteiger charge is 2.33. The average Bonchev–Trinajstić information content (AvgIpc) is 3.03. The summed E-state index contributed by atoms with van der Waals surface area (Å²) < 4.78 is 43.8. The van der Waals surface area contributed by atoms with Crippen LogP contribution in [-0.2, 0) is 28.7 Å². The molecular weight excluding hydrogens is 431 g/mol. The topological polar surface area (TPSA) is 82.5 Å². The van der Waals surface area contributed by atoms with Gasteiger partial charge in [0.1, 0.15) is 16.7 Å². The van der Waals surface area contributed by atoms with Gasteiger partial charge in [-0.05, 0) is 53.9 Å². The van der Waals surface area contributed by atoms with Crippen LogP contribution in [0.4, 0.5) is 13.2 Å². The third-order valence-electron chi connectivity index (χ3n) is 5.11. The van der Waals surface area contributed by atoms with Crippen LogP contribution in [-0.4, -0.2) is 33.7 Å². The molecule has 31 heavy (non-hydrogen) atoms. The van der Waals surface area contributed by atoms with Crippen LogP contribution in [0.15, 0.2) is 42.5 Å². The van der Waals surface area contributed by atoms with Crippen LogP contribution in [0.5, 0.6) is 11.5 Å². The van der Waals surface area contributed by atoms with E-state index in [-0.39, 0.29) is 29.2 Å². The molecule has 2 amide bonds. The Labute approximate surface area is 180 Å². The van der Waals surface area contributed by atoms with E-state index >= 15 is 0 Å². The Morgan fingerprint density at radius 1 is 1.16 bits per heavy atom. The van der Waals surface area contributed by atoms with Gasteiger partial charge in [0.25, 0.3) is 0 Å². The monoisotopic (exact) mass is 449 g/mol. The van der Waals surface area contributed by atoms with Crippen LogP contribution in [0.1, 0.15) is 23.1 Å². The minimum Gasteiger partial charge on any atom is -0.457 e. The molecule has 2 aliphatic heterocycles. The quantitative estimate of drug-likeness (QED) is 0.741. The van der Waals surface area contributed by atoms with E-state index in [9.17, 15) is 22.8 Å². The van der Waals surface area contributed by atoms with Gasteiger partial charge < -0.3 is 15.0 Å². The van der Waals surface area contributed by atoms with Gasteiger partial charge in [0.2, 0.25) is 11.8 Å². The van der Waals surface area contributed by atoms with E-state index in [0.717, 1.165) is 35.0 Å². The molecule has 0 aliphatic carbocycles. The Morgan fingerprint density at radius 2 is 1.87 bits per heavy atom. The van der Waals surface area contributed by atoms with Gasteiger partial charge in [-0.3, -0.25) is 15.0 Å². The molecule has 0 spiro atoms. The van der Waals surface area contributed by atoms with E-state index < -0.39 is 17.0 Å². The predicted molar refractivity (Wildman–Crippen MR) is 109 cm³/mol. The predicted octanol–water partition coefficient (Wildman–Crippen LogP) is 3.94. The molecule has 0 aromatic heterocycles. The number of nitrogens with zero attached hydrogens (tertiary/aromatic N) is 1. The van der Waals surface area contributed by atoms with Crippen molar-refractivity contribution in [1.82, 2.24) is 10.2 Å². The van der Waals surface area contributed by atoms with E-state index in [1.165, 1.54) is 12.1 Å². The normalized spacial score (nSPS) is 18.5. The first-order valence-corrected chi connectivity index (χ1v) is 10.4. The summed E-state index contributed by atoms with van der Waals surface area (Å²) in [7, 11) is 0. The van der Waals surface area contributed by atoms with Crippen molar-refractivity contribution in [2.24, 2.45) is 0 Å². The molecule has 0 radical (unpaired) electrons. The molecule has 2 aromatic carbocycles. The second-order valence-corrected chi connectivity index (χ2v) is 8.46. The molecule has 1 unspecified atom stereocenters. The molecule has 1 fully saturated rings. The van der Waals surface area contributed by atoms with E-state index in [4.69, 9.17) is 10.1 Å². The minimum atomic E-state index is -4.40. The molecule has 4 rings (SSSR count). The van der Waals surface area contributed by atoms with Crippen LogP contribution in [0.2, 0.25) is 0 Å². The van der Waals surface area contributed by atoms with Crippen molar-refractivity contribution in [2.75, 3.05) is 6.54 Å². The maximum Gasteiger partial charge on any atom is 0.416 e. The molecule has 6 nitrogen and oxygen atoms in total. The number of hydrogen-bond donors (Lipinski definition) is 2. The number of carbonyl (C=O) groups is 2. The fraction of sp³-hybridized carbons (Fsp3) is 0.286. The van der Waals surface area contributed by atoms with Crippen LogP contribution in [0.25, 0.3) is 0 Å². The lowest BCUT2D eigenvalue weighted by Crippen LogP contribution is -2.38. The lowest BCUT2D eigenvalue weighted by Gasteiger charge is -2.29. The molecule has 2 N–H and O–H groups in total. The standard InChI is InChI=1S/C21H18F3N3O3S/c22-21(23,24)14-2-5-15(6-3-14)30-16-4-1-12-7-8-27(11-13(12)9-16)18(28)10-17-19(29)26-20(25)31-17/h1-6,9,17H,7-8,10-11H2,(H2,25,26,29). The van der Waals surface area contributed by atoms with Crippen molar-refractivity contribution in [3.05, 3.63) is 59.2 Å². The third-order valence-corrected chi connectivity index (χ3v) is 6.11. The van der Waals surface area contributed by atoms with Crippen LogP contribution in [0.3, 0.4) is 0 Å². The van der Waals surface area contributed by atoms with Gasteiger partial charge in [-0.1, -0.05) is 17.8 Å². The fourth-order valence-electron chi connectivity index (χ4n) is 3.50. The largest absolute Gasteiger partial charge is 0.457 e. The smallest absolute Gasteiger partial charge is 0.416 e. The first-order chi connectivity index (χ1) is 14.7. The van der Waals surface area contributed by atoms with Crippen molar-refractivity contribution in [2.45, 2.75) is 30.8 Å². The Kier molecular flexibility index (Phi) is 5.65. The molecular formula is C21H18F3N3O3S. The molecule has 0 saturated carbocycles. The van der Waals surface area contributed by atoms with Gasteiger partial charge >= 0.3 is 6.18 Å². The van der Waals surface area contributed by atoms with Crippen LogP contribution >= 0.6 is 11.8 Å². The summed E-state index contributed by atoms with van der Waals surface area (Å²) in [5.74, 6) is 0.255. The minimum absolute atomic E-state index is 0.0238. The van der Waals surface area contributed by atoms with E-state index in [1.54, 1.807) is 17.0 Å². The van der Waals surface area contributed by atoms with Gasteiger partial charge in [-0.2, -0.15) is 13.2 Å². The average molecular weight is 449 g/mol. The molecule has 162 valence electrons. The van der Waals surface area contributed by atoms with E-state index in [2.05, 4.69) is 5.32 Å². The third kappa shape index (κ3) is 4.84. The van der Waals surface area contributed by atoms with Crippen molar-refractivity contribution in [3.8, 4) is 11.5 Å². The SMILES string of the molecule is N=C1NC(=O)C(CC(=O)N2CCc3ccc(Oc4ccc(C(F)(F)F)cc4)cc3C2)S1. The molecule has 10 heteroatoms. The van der Waals surface area contributed by atoms with Crippen molar-refractivity contribution in [1.29, 1.82) is 5.41 Å². The van der Waals surface area contributed by atoms with Crippen LogP contribution in [0, 0.1) is 5.41 Å². The molecule has 2 heterocycles. The Hall–Kier alpha value is -3.01. The summed E-state index contributed by atoms with van der Waals surface area (Å²) in [6.07, 6.45) is -3.73. The second-order valence-electron chi connectivity index (χ2n) is 7.25. The number of alkyl halides is 3. The Balaban J connectivity index is 1.42. The van der Waals surface area contributed by atoms with Gasteiger partial charge in [0, 0.05) is 19.5 Å². The maximum absolute atomic E-state index is 12.7. The first kappa shape index (κ1) is 21.2. The number of halogens is 3. The molecule has 2 aliphatic rings. The van der Waals surface area contributed by atoms with Gasteiger partial charge in [-0.25, -0.2) is 0 Å². The summed E-state index contributed by atoms with van der Waals surface area (Å²) in [4.78, 5) is 26.1. The molecule has 2 aromatic rings.